The molecule has 0 unspecified atom stereocenters. The van der Waals surface area contributed by atoms with Gasteiger partial charge >= 0.3 is 0 Å². The van der Waals surface area contributed by atoms with Gasteiger partial charge in [-0.2, -0.15) is 0 Å². The predicted molar refractivity (Wildman–Crippen MR) is 68.1 cm³/mol. The largest absolute Gasteiger partial charge is 0.342 e. The van der Waals surface area contributed by atoms with E-state index in [4.69, 9.17) is 11.6 Å². The lowest BCUT2D eigenvalue weighted by molar-refractivity contribution is 0.628. The molecule has 18 heavy (non-hydrogen) atoms. The van der Waals surface area contributed by atoms with Crippen LogP contribution in [0.2, 0.25) is 5.15 Å². The molecule has 2 heterocycles. The van der Waals surface area contributed by atoms with E-state index in [1.165, 1.54) is 12.1 Å². The van der Waals surface area contributed by atoms with Crippen LogP contribution in [0.15, 0.2) is 30.3 Å². The lowest BCUT2D eigenvalue weighted by Gasteiger charge is -2.00. The minimum atomic E-state index is -0.267. The maximum atomic E-state index is 12.9. The number of benzene rings is 1. The van der Waals surface area contributed by atoms with E-state index in [-0.39, 0.29) is 5.82 Å². The molecule has 0 atom stereocenters. The molecule has 0 aliphatic carbocycles. The number of nitrogens with zero attached hydrogens (tertiary/aromatic N) is 2. The molecule has 0 saturated carbocycles. The van der Waals surface area contributed by atoms with E-state index in [2.05, 4.69) is 15.0 Å². The number of nitrogens with one attached hydrogen (secondary N) is 1. The van der Waals surface area contributed by atoms with Crippen LogP contribution in [0.25, 0.3) is 22.6 Å². The summed E-state index contributed by atoms with van der Waals surface area (Å²) in [6.07, 6.45) is 0. The summed E-state index contributed by atoms with van der Waals surface area (Å²) >= 11 is 6.03. The van der Waals surface area contributed by atoms with Crippen molar-refractivity contribution in [2.24, 2.45) is 0 Å². The molecule has 0 bridgehead atoms. The summed E-state index contributed by atoms with van der Waals surface area (Å²) in [5, 5.41) is 0.370. The molecule has 2 aliphatic heterocycles. The third-order valence-electron chi connectivity index (χ3n) is 2.69. The van der Waals surface area contributed by atoms with Gasteiger partial charge < -0.3 is 4.98 Å². The molecule has 1 aromatic rings. The monoisotopic (exact) mass is 261 g/mol. The van der Waals surface area contributed by atoms with Crippen LogP contribution in [0.3, 0.4) is 0 Å². The minimum Gasteiger partial charge on any atom is -0.342 e. The zero-order valence-corrected chi connectivity index (χ0v) is 10.3. The molecule has 2 aliphatic rings. The first-order valence-electron chi connectivity index (χ1n) is 5.42. The topological polar surface area (TPSA) is 41.6 Å². The second-order valence-corrected chi connectivity index (χ2v) is 4.38. The Morgan fingerprint density at radius 3 is 2.61 bits per heavy atom. The van der Waals surface area contributed by atoms with Crippen LogP contribution in [0.4, 0.5) is 4.39 Å². The summed E-state index contributed by atoms with van der Waals surface area (Å²) < 4.78 is 12.9. The molecule has 0 radical (unpaired) electrons. The lowest BCUT2D eigenvalue weighted by Crippen LogP contribution is -1.92. The zero-order valence-electron chi connectivity index (χ0n) is 9.54. The Morgan fingerprint density at radius 1 is 1.17 bits per heavy atom. The lowest BCUT2D eigenvalue weighted by atomic mass is 10.1. The highest BCUT2D eigenvalue weighted by atomic mass is 35.5. The Hall–Kier alpha value is -1.94. The van der Waals surface area contributed by atoms with Crippen molar-refractivity contribution < 1.29 is 4.39 Å². The molecule has 0 spiro atoms. The van der Waals surface area contributed by atoms with Crippen molar-refractivity contribution in [1.82, 2.24) is 15.0 Å². The molecule has 0 fully saturated rings. The maximum absolute atomic E-state index is 12.9. The summed E-state index contributed by atoms with van der Waals surface area (Å²) in [5.74, 6) is 0.461. The Labute approximate surface area is 108 Å². The molecular weight excluding hydrogens is 253 g/mol. The number of aryl methyl sites for hydroxylation is 1. The summed E-state index contributed by atoms with van der Waals surface area (Å²) in [4.78, 5) is 11.6. The fourth-order valence-electron chi connectivity index (χ4n) is 1.86. The number of fused-ring (bicyclic) bond motifs is 1. The quantitative estimate of drug-likeness (QED) is 0.679. The average Bonchev–Trinajstić information content (AvgIpc) is 2.74. The first-order valence-corrected chi connectivity index (χ1v) is 5.80. The number of aromatic nitrogens is 3. The summed E-state index contributed by atoms with van der Waals surface area (Å²) in [5.41, 5.74) is 3.04. The van der Waals surface area contributed by atoms with E-state index in [1.807, 2.05) is 13.0 Å². The summed E-state index contributed by atoms with van der Waals surface area (Å²) in [6, 6.07) is 8.06. The molecule has 3 nitrogen and oxygen atoms in total. The van der Waals surface area contributed by atoms with Gasteiger partial charge in [-0.3, -0.25) is 0 Å². The molecule has 1 aromatic carbocycles. The van der Waals surface area contributed by atoms with Gasteiger partial charge in [0, 0.05) is 5.56 Å². The van der Waals surface area contributed by atoms with Gasteiger partial charge in [0.1, 0.15) is 17.3 Å². The average molecular weight is 262 g/mol. The third-order valence-corrected chi connectivity index (χ3v) is 2.95. The van der Waals surface area contributed by atoms with Gasteiger partial charge in [-0.1, -0.05) is 11.6 Å². The van der Waals surface area contributed by atoms with Crippen molar-refractivity contribution in [3.05, 3.63) is 47.1 Å². The standard InChI is InChI=1S/C13H9ClFN3/c1-7-16-11-6-10(18-12(11)13(14)17-7)8-2-4-9(15)5-3-8/h2-6H,1H3,(H,16,17). The zero-order chi connectivity index (χ0) is 12.7. The van der Waals surface area contributed by atoms with Gasteiger partial charge in [-0.25, -0.2) is 14.4 Å². The highest BCUT2D eigenvalue weighted by Gasteiger charge is 2.15. The Morgan fingerprint density at radius 2 is 1.89 bits per heavy atom. The van der Waals surface area contributed by atoms with Crippen LogP contribution < -0.4 is 0 Å². The fourth-order valence-corrected chi connectivity index (χ4v) is 2.13. The molecule has 3 rings (SSSR count). The van der Waals surface area contributed by atoms with Crippen LogP contribution in [-0.4, -0.2) is 15.0 Å². The van der Waals surface area contributed by atoms with Gasteiger partial charge in [0.05, 0.1) is 11.4 Å². The highest BCUT2D eigenvalue weighted by Crippen LogP contribution is 2.31. The van der Waals surface area contributed by atoms with Crippen molar-refractivity contribution >= 4 is 11.6 Å². The Balaban J connectivity index is 2.17. The van der Waals surface area contributed by atoms with E-state index in [0.717, 1.165) is 22.8 Å². The number of rotatable bonds is 1. The van der Waals surface area contributed by atoms with Crippen molar-refractivity contribution in [3.63, 3.8) is 0 Å². The molecule has 5 heteroatoms. The van der Waals surface area contributed by atoms with Crippen molar-refractivity contribution in [3.8, 4) is 22.6 Å². The number of H-pyrrole nitrogens is 1. The smallest absolute Gasteiger partial charge is 0.158 e. The maximum Gasteiger partial charge on any atom is 0.158 e. The van der Waals surface area contributed by atoms with E-state index in [1.54, 1.807) is 12.1 Å². The number of halogens is 2. The second kappa shape index (κ2) is 4.07. The first kappa shape index (κ1) is 11.2. The van der Waals surface area contributed by atoms with Gasteiger partial charge in [-0.15, -0.1) is 0 Å². The van der Waals surface area contributed by atoms with Crippen LogP contribution in [0, 0.1) is 12.7 Å². The first-order chi connectivity index (χ1) is 8.63. The van der Waals surface area contributed by atoms with Gasteiger partial charge in [0.2, 0.25) is 0 Å². The Kier molecular flexibility index (Phi) is 2.52. The van der Waals surface area contributed by atoms with E-state index < -0.39 is 0 Å². The van der Waals surface area contributed by atoms with Crippen LogP contribution >= 0.6 is 11.6 Å². The summed E-state index contributed by atoms with van der Waals surface area (Å²) in [7, 11) is 0. The van der Waals surface area contributed by atoms with Crippen molar-refractivity contribution in [2.75, 3.05) is 0 Å². The molecular formula is C13H9ClFN3. The van der Waals surface area contributed by atoms with Gasteiger partial charge in [-0.05, 0) is 37.3 Å². The van der Waals surface area contributed by atoms with Gasteiger partial charge in [0.25, 0.3) is 0 Å². The molecule has 0 saturated heterocycles. The van der Waals surface area contributed by atoms with Crippen LogP contribution in [0.1, 0.15) is 5.82 Å². The van der Waals surface area contributed by atoms with Crippen molar-refractivity contribution in [2.45, 2.75) is 6.92 Å². The van der Waals surface area contributed by atoms with E-state index in [0.29, 0.717) is 10.8 Å². The van der Waals surface area contributed by atoms with E-state index >= 15 is 0 Å². The third kappa shape index (κ3) is 1.84. The molecule has 1 N–H and O–H groups in total. The normalized spacial score (nSPS) is 11.1. The molecule has 90 valence electrons. The summed E-state index contributed by atoms with van der Waals surface area (Å²) in [6.45, 7) is 1.83. The van der Waals surface area contributed by atoms with E-state index in [9.17, 15) is 4.39 Å². The van der Waals surface area contributed by atoms with Crippen molar-refractivity contribution in [1.29, 1.82) is 0 Å². The number of hydrogen-bond donors (Lipinski definition) is 1. The van der Waals surface area contributed by atoms with Crippen LogP contribution in [0.5, 0.6) is 0 Å². The SMILES string of the molecule is Cc1nc(Cl)c2nc(-c3ccc(F)cc3)cc-2[nH]1. The molecule has 0 aromatic heterocycles. The Bertz CT molecular complexity index is 675. The highest BCUT2D eigenvalue weighted by molar-refractivity contribution is 6.31. The predicted octanol–water partition coefficient (Wildman–Crippen LogP) is 3.68. The number of hydrogen-bond acceptors (Lipinski definition) is 2. The second-order valence-electron chi connectivity index (χ2n) is 4.02. The van der Waals surface area contributed by atoms with Gasteiger partial charge in [0.15, 0.2) is 5.15 Å². The minimum absolute atomic E-state index is 0.267. The fraction of sp³-hybridized carbons (Fsp3) is 0.0769. The van der Waals surface area contributed by atoms with Crippen LogP contribution in [-0.2, 0) is 0 Å². The number of aromatic amines is 1. The molecule has 0 amide bonds.